The van der Waals surface area contributed by atoms with E-state index >= 15 is 0 Å². The number of carboxylic acid groups (broad SMARTS) is 1. The molecule has 98 valence electrons. The SMILES string of the molecule is O=C(O)Cc1cnnn1CC(=O)NC1CCCC1. The van der Waals surface area contributed by atoms with Crippen molar-refractivity contribution in [2.75, 3.05) is 0 Å². The van der Waals surface area contributed by atoms with Crippen molar-refractivity contribution < 1.29 is 14.7 Å². The third-order valence-electron chi connectivity index (χ3n) is 3.04. The van der Waals surface area contributed by atoms with Gasteiger partial charge < -0.3 is 10.4 Å². The van der Waals surface area contributed by atoms with Crippen LogP contribution >= 0.6 is 0 Å². The fraction of sp³-hybridized carbons (Fsp3) is 0.636. The van der Waals surface area contributed by atoms with Gasteiger partial charge in [0.15, 0.2) is 0 Å². The highest BCUT2D eigenvalue weighted by molar-refractivity contribution is 5.76. The molecule has 7 nitrogen and oxygen atoms in total. The van der Waals surface area contributed by atoms with Crippen molar-refractivity contribution in [2.24, 2.45) is 0 Å². The van der Waals surface area contributed by atoms with E-state index in [0.717, 1.165) is 25.7 Å². The molecular weight excluding hydrogens is 236 g/mol. The molecule has 0 bridgehead atoms. The van der Waals surface area contributed by atoms with Crippen molar-refractivity contribution in [3.63, 3.8) is 0 Å². The van der Waals surface area contributed by atoms with Crippen LogP contribution in [0.1, 0.15) is 31.4 Å². The van der Waals surface area contributed by atoms with Crippen LogP contribution < -0.4 is 5.32 Å². The second-order valence-corrected chi connectivity index (χ2v) is 4.50. The van der Waals surface area contributed by atoms with E-state index in [1.807, 2.05) is 0 Å². The average Bonchev–Trinajstić information content (AvgIpc) is 2.91. The molecule has 1 aromatic rings. The number of rotatable bonds is 5. The van der Waals surface area contributed by atoms with Gasteiger partial charge >= 0.3 is 5.97 Å². The third-order valence-corrected chi connectivity index (χ3v) is 3.04. The smallest absolute Gasteiger partial charge is 0.309 e. The van der Waals surface area contributed by atoms with Gasteiger partial charge in [-0.2, -0.15) is 0 Å². The number of carboxylic acids is 1. The standard InChI is InChI=1S/C11H16N4O3/c16-10(13-8-3-1-2-4-8)7-15-9(5-11(17)18)6-12-14-15/h6,8H,1-5,7H2,(H,13,16)(H,17,18). The van der Waals surface area contributed by atoms with Gasteiger partial charge in [-0.1, -0.05) is 18.1 Å². The predicted molar refractivity (Wildman–Crippen MR) is 61.8 cm³/mol. The van der Waals surface area contributed by atoms with E-state index in [1.165, 1.54) is 10.9 Å². The molecule has 1 amide bonds. The zero-order valence-electron chi connectivity index (χ0n) is 10.0. The number of hydrogen-bond acceptors (Lipinski definition) is 4. The zero-order valence-corrected chi connectivity index (χ0v) is 10.0. The fourth-order valence-corrected chi connectivity index (χ4v) is 2.18. The molecule has 2 rings (SSSR count). The van der Waals surface area contributed by atoms with E-state index in [0.29, 0.717) is 5.69 Å². The summed E-state index contributed by atoms with van der Waals surface area (Å²) in [5.74, 6) is -1.10. The average molecular weight is 252 g/mol. The number of nitrogens with one attached hydrogen (secondary N) is 1. The number of carbonyl (C=O) groups is 2. The van der Waals surface area contributed by atoms with Gasteiger partial charge in [-0.15, -0.1) is 5.10 Å². The van der Waals surface area contributed by atoms with Gasteiger partial charge in [-0.25, -0.2) is 4.68 Å². The number of amides is 1. The lowest BCUT2D eigenvalue weighted by Gasteiger charge is -2.12. The second kappa shape index (κ2) is 5.61. The molecule has 0 aliphatic heterocycles. The molecule has 1 saturated carbocycles. The van der Waals surface area contributed by atoms with Crippen molar-refractivity contribution in [2.45, 2.75) is 44.7 Å². The maximum absolute atomic E-state index is 11.8. The van der Waals surface area contributed by atoms with Crippen molar-refractivity contribution >= 4 is 11.9 Å². The molecule has 0 radical (unpaired) electrons. The summed E-state index contributed by atoms with van der Waals surface area (Å²) in [5, 5.41) is 19.0. The van der Waals surface area contributed by atoms with Crippen LogP contribution in [-0.4, -0.2) is 38.0 Å². The molecule has 1 fully saturated rings. The van der Waals surface area contributed by atoms with E-state index in [-0.39, 0.29) is 24.9 Å². The van der Waals surface area contributed by atoms with E-state index < -0.39 is 5.97 Å². The Morgan fingerprint density at radius 3 is 2.83 bits per heavy atom. The van der Waals surface area contributed by atoms with Crippen LogP contribution in [0.2, 0.25) is 0 Å². The lowest BCUT2D eigenvalue weighted by molar-refractivity contribution is -0.136. The Bertz CT molecular complexity index is 437. The van der Waals surface area contributed by atoms with Crippen LogP contribution in [0.4, 0.5) is 0 Å². The van der Waals surface area contributed by atoms with Crippen LogP contribution in [0.25, 0.3) is 0 Å². The number of aromatic nitrogens is 3. The van der Waals surface area contributed by atoms with Crippen LogP contribution in [0.15, 0.2) is 6.20 Å². The summed E-state index contributed by atoms with van der Waals surface area (Å²) in [5.41, 5.74) is 0.434. The predicted octanol–water partition coefficient (Wildman–Crippen LogP) is -0.0360. The molecule has 1 aliphatic carbocycles. The summed E-state index contributed by atoms with van der Waals surface area (Å²) in [6.45, 7) is 0.0269. The molecule has 0 aromatic carbocycles. The Hall–Kier alpha value is -1.92. The number of hydrogen-bond donors (Lipinski definition) is 2. The van der Waals surface area contributed by atoms with Gasteiger partial charge in [0, 0.05) is 6.04 Å². The number of aliphatic carboxylic acids is 1. The Kier molecular flexibility index (Phi) is 3.91. The molecule has 1 heterocycles. The Labute approximate surface area is 104 Å². The van der Waals surface area contributed by atoms with Gasteiger partial charge in [0.1, 0.15) is 6.54 Å². The minimum atomic E-state index is -0.963. The van der Waals surface area contributed by atoms with Gasteiger partial charge in [0.2, 0.25) is 5.91 Å². The molecule has 0 unspecified atom stereocenters. The first-order chi connectivity index (χ1) is 8.65. The quantitative estimate of drug-likeness (QED) is 0.766. The molecule has 2 N–H and O–H groups in total. The Morgan fingerprint density at radius 1 is 1.44 bits per heavy atom. The van der Waals surface area contributed by atoms with Crippen molar-refractivity contribution in [3.8, 4) is 0 Å². The minimum absolute atomic E-state index is 0.0269. The summed E-state index contributed by atoms with van der Waals surface area (Å²) in [6.07, 6.45) is 5.54. The first kappa shape index (κ1) is 12.5. The maximum atomic E-state index is 11.8. The van der Waals surface area contributed by atoms with E-state index in [4.69, 9.17) is 5.11 Å². The minimum Gasteiger partial charge on any atom is -0.481 e. The summed E-state index contributed by atoms with van der Waals surface area (Å²) in [7, 11) is 0. The van der Waals surface area contributed by atoms with E-state index in [2.05, 4.69) is 15.6 Å². The van der Waals surface area contributed by atoms with Crippen molar-refractivity contribution in [3.05, 3.63) is 11.9 Å². The van der Waals surface area contributed by atoms with E-state index in [9.17, 15) is 9.59 Å². The molecule has 1 aromatic heterocycles. The van der Waals surface area contributed by atoms with Gasteiger partial charge in [0.05, 0.1) is 18.3 Å². The molecular formula is C11H16N4O3. The number of carbonyl (C=O) groups excluding carboxylic acids is 1. The lowest BCUT2D eigenvalue weighted by atomic mass is 10.2. The second-order valence-electron chi connectivity index (χ2n) is 4.50. The normalized spacial score (nSPS) is 15.8. The third kappa shape index (κ3) is 3.28. The first-order valence-corrected chi connectivity index (χ1v) is 6.03. The molecule has 0 saturated heterocycles. The zero-order chi connectivity index (χ0) is 13.0. The summed E-state index contributed by atoms with van der Waals surface area (Å²) in [6, 6.07) is 0.254. The van der Waals surface area contributed by atoms with Gasteiger partial charge in [-0.05, 0) is 12.8 Å². The van der Waals surface area contributed by atoms with Crippen molar-refractivity contribution in [1.82, 2.24) is 20.3 Å². The van der Waals surface area contributed by atoms with Crippen molar-refractivity contribution in [1.29, 1.82) is 0 Å². The molecule has 18 heavy (non-hydrogen) atoms. The van der Waals surface area contributed by atoms with Crippen LogP contribution in [0.3, 0.4) is 0 Å². The van der Waals surface area contributed by atoms with Gasteiger partial charge in [0.25, 0.3) is 0 Å². The van der Waals surface area contributed by atoms with Crippen LogP contribution in [0.5, 0.6) is 0 Å². The largest absolute Gasteiger partial charge is 0.481 e. The lowest BCUT2D eigenvalue weighted by Crippen LogP contribution is -2.35. The summed E-state index contributed by atoms with van der Waals surface area (Å²) in [4.78, 5) is 22.4. The summed E-state index contributed by atoms with van der Waals surface area (Å²) < 4.78 is 1.33. The number of nitrogens with zero attached hydrogens (tertiary/aromatic N) is 3. The van der Waals surface area contributed by atoms with E-state index in [1.54, 1.807) is 0 Å². The first-order valence-electron chi connectivity index (χ1n) is 6.03. The monoisotopic (exact) mass is 252 g/mol. The maximum Gasteiger partial charge on any atom is 0.309 e. The molecule has 7 heteroatoms. The molecule has 0 spiro atoms. The highest BCUT2D eigenvalue weighted by atomic mass is 16.4. The fourth-order valence-electron chi connectivity index (χ4n) is 2.18. The highest BCUT2D eigenvalue weighted by Gasteiger charge is 2.18. The van der Waals surface area contributed by atoms with Crippen LogP contribution in [0, 0.1) is 0 Å². The van der Waals surface area contributed by atoms with Gasteiger partial charge in [-0.3, -0.25) is 9.59 Å². The molecule has 0 atom stereocenters. The Morgan fingerprint density at radius 2 is 2.17 bits per heavy atom. The highest BCUT2D eigenvalue weighted by Crippen LogP contribution is 2.17. The molecule has 1 aliphatic rings. The van der Waals surface area contributed by atoms with Crippen LogP contribution in [-0.2, 0) is 22.6 Å². The topological polar surface area (TPSA) is 97.1 Å². The summed E-state index contributed by atoms with van der Waals surface area (Å²) >= 11 is 0. The Balaban J connectivity index is 1.89.